The topological polar surface area (TPSA) is 44.4 Å². The molecule has 1 aliphatic rings. The van der Waals surface area contributed by atoms with E-state index >= 15 is 0 Å². The molecule has 0 aliphatic carbocycles. The number of halogens is 2. The van der Waals surface area contributed by atoms with Crippen LogP contribution in [0, 0.1) is 0 Å². The number of hydrogen-bond acceptors (Lipinski definition) is 3. The Bertz CT molecular complexity index is 713. The molecule has 1 amide bonds. The molecule has 1 heterocycles. The molecule has 1 saturated heterocycles. The van der Waals surface area contributed by atoms with Crippen molar-refractivity contribution in [3.05, 3.63) is 52.5 Å². The second-order valence-electron chi connectivity index (χ2n) is 5.77. The summed E-state index contributed by atoms with van der Waals surface area (Å²) in [5.74, 6) is -0.139. The third kappa shape index (κ3) is 4.34. The molecular formula is C18H19Cl2N3O. The summed E-state index contributed by atoms with van der Waals surface area (Å²) in [7, 11) is 0. The maximum atomic E-state index is 12.1. The summed E-state index contributed by atoms with van der Waals surface area (Å²) >= 11 is 12.0. The van der Waals surface area contributed by atoms with E-state index in [2.05, 4.69) is 15.5 Å². The molecular weight excluding hydrogens is 345 g/mol. The van der Waals surface area contributed by atoms with Crippen LogP contribution in [0.1, 0.15) is 12.8 Å². The lowest BCUT2D eigenvalue weighted by atomic mass is 10.2. The minimum Gasteiger partial charge on any atom is -0.375 e. The van der Waals surface area contributed by atoms with E-state index in [1.54, 1.807) is 18.2 Å². The predicted octanol–water partition coefficient (Wildman–Crippen LogP) is 4.64. The van der Waals surface area contributed by atoms with Gasteiger partial charge in [0.2, 0.25) is 5.91 Å². The number of hydrogen-bond donors (Lipinski definition) is 2. The summed E-state index contributed by atoms with van der Waals surface area (Å²) < 4.78 is 0. The molecule has 0 spiro atoms. The van der Waals surface area contributed by atoms with Crippen molar-refractivity contribution in [2.75, 3.05) is 35.2 Å². The van der Waals surface area contributed by atoms with Gasteiger partial charge in [-0.3, -0.25) is 4.79 Å². The fraction of sp³-hybridized carbons (Fsp3) is 0.278. The van der Waals surface area contributed by atoms with Gasteiger partial charge in [0, 0.05) is 29.5 Å². The standard InChI is InChI=1S/C18H19Cl2N3O/c19-13-3-8-16(20)17(11-13)21-12-18(24)22-14-4-6-15(7-5-14)23-9-1-2-10-23/h3-8,11,21H,1-2,9-10,12H2,(H,22,24). The van der Waals surface area contributed by atoms with Crippen LogP contribution in [-0.2, 0) is 4.79 Å². The van der Waals surface area contributed by atoms with Crippen molar-refractivity contribution in [2.45, 2.75) is 12.8 Å². The fourth-order valence-corrected chi connectivity index (χ4v) is 3.10. The highest BCUT2D eigenvalue weighted by Gasteiger charge is 2.12. The van der Waals surface area contributed by atoms with Gasteiger partial charge in [-0.15, -0.1) is 0 Å². The summed E-state index contributed by atoms with van der Waals surface area (Å²) in [6, 6.07) is 13.0. The molecule has 0 atom stereocenters. The molecule has 0 bridgehead atoms. The molecule has 1 aliphatic heterocycles. The highest BCUT2D eigenvalue weighted by atomic mass is 35.5. The van der Waals surface area contributed by atoms with E-state index in [0.29, 0.717) is 15.7 Å². The van der Waals surface area contributed by atoms with E-state index < -0.39 is 0 Å². The first kappa shape index (κ1) is 16.9. The molecule has 0 aromatic heterocycles. The van der Waals surface area contributed by atoms with E-state index in [0.717, 1.165) is 18.8 Å². The summed E-state index contributed by atoms with van der Waals surface area (Å²) in [5, 5.41) is 6.96. The minimum atomic E-state index is -0.139. The van der Waals surface area contributed by atoms with Crippen molar-refractivity contribution in [3.8, 4) is 0 Å². The van der Waals surface area contributed by atoms with Crippen LogP contribution >= 0.6 is 23.2 Å². The van der Waals surface area contributed by atoms with Crippen molar-refractivity contribution >= 4 is 46.2 Å². The quantitative estimate of drug-likeness (QED) is 0.812. The van der Waals surface area contributed by atoms with E-state index in [1.807, 2.05) is 24.3 Å². The lowest BCUT2D eigenvalue weighted by molar-refractivity contribution is -0.114. The second kappa shape index (κ2) is 7.77. The van der Waals surface area contributed by atoms with Gasteiger partial charge >= 0.3 is 0 Å². The Balaban J connectivity index is 1.53. The molecule has 2 aromatic carbocycles. The van der Waals surface area contributed by atoms with E-state index in [4.69, 9.17) is 23.2 Å². The van der Waals surface area contributed by atoms with Crippen molar-refractivity contribution in [1.29, 1.82) is 0 Å². The number of carbonyl (C=O) groups is 1. The van der Waals surface area contributed by atoms with Gasteiger partial charge in [0.15, 0.2) is 0 Å². The third-order valence-electron chi connectivity index (χ3n) is 3.99. The molecule has 2 N–H and O–H groups in total. The first-order valence-corrected chi connectivity index (χ1v) is 8.71. The van der Waals surface area contributed by atoms with Gasteiger partial charge in [0.25, 0.3) is 0 Å². The van der Waals surface area contributed by atoms with Crippen LogP contribution in [0.3, 0.4) is 0 Å². The Kier molecular flexibility index (Phi) is 5.48. The van der Waals surface area contributed by atoms with E-state index in [1.165, 1.54) is 18.5 Å². The van der Waals surface area contributed by atoms with Crippen molar-refractivity contribution in [1.82, 2.24) is 0 Å². The Labute approximate surface area is 151 Å². The van der Waals surface area contributed by atoms with Crippen molar-refractivity contribution < 1.29 is 4.79 Å². The number of carbonyl (C=O) groups excluding carboxylic acids is 1. The second-order valence-corrected chi connectivity index (χ2v) is 6.61. The van der Waals surface area contributed by atoms with Crippen LogP contribution in [0.5, 0.6) is 0 Å². The van der Waals surface area contributed by atoms with Gasteiger partial charge in [0.1, 0.15) is 0 Å². The fourth-order valence-electron chi connectivity index (χ4n) is 2.74. The smallest absolute Gasteiger partial charge is 0.243 e. The molecule has 1 fully saturated rings. The van der Waals surface area contributed by atoms with Gasteiger partial charge in [0.05, 0.1) is 17.3 Å². The summed E-state index contributed by atoms with van der Waals surface area (Å²) in [6.07, 6.45) is 2.49. The van der Waals surface area contributed by atoms with Crippen molar-refractivity contribution in [3.63, 3.8) is 0 Å². The van der Waals surface area contributed by atoms with E-state index in [-0.39, 0.29) is 12.5 Å². The number of anilines is 3. The lowest BCUT2D eigenvalue weighted by Gasteiger charge is -2.17. The van der Waals surface area contributed by atoms with Crippen LogP contribution in [0.2, 0.25) is 10.0 Å². The molecule has 24 heavy (non-hydrogen) atoms. The summed E-state index contributed by atoms with van der Waals surface area (Å²) in [4.78, 5) is 14.4. The number of rotatable bonds is 5. The molecule has 0 radical (unpaired) electrons. The third-order valence-corrected chi connectivity index (χ3v) is 4.55. The largest absolute Gasteiger partial charge is 0.375 e. The van der Waals surface area contributed by atoms with Crippen molar-refractivity contribution in [2.24, 2.45) is 0 Å². The summed E-state index contributed by atoms with van der Waals surface area (Å²) in [6.45, 7) is 2.33. The Hall–Kier alpha value is -1.91. The Morgan fingerprint density at radius 3 is 2.46 bits per heavy atom. The normalized spacial score (nSPS) is 13.8. The first-order valence-electron chi connectivity index (χ1n) is 7.95. The van der Waals surface area contributed by atoms with Gasteiger partial charge in [-0.25, -0.2) is 0 Å². The zero-order valence-corrected chi connectivity index (χ0v) is 14.7. The first-order chi connectivity index (χ1) is 11.6. The molecule has 0 unspecified atom stereocenters. The Morgan fingerprint density at radius 2 is 1.75 bits per heavy atom. The van der Waals surface area contributed by atoms with Gasteiger partial charge in [-0.1, -0.05) is 23.2 Å². The molecule has 2 aromatic rings. The van der Waals surface area contributed by atoms with Crippen LogP contribution in [0.15, 0.2) is 42.5 Å². The number of nitrogens with one attached hydrogen (secondary N) is 2. The van der Waals surface area contributed by atoms with Crippen LogP contribution < -0.4 is 15.5 Å². The average Bonchev–Trinajstić information content (AvgIpc) is 3.11. The Morgan fingerprint density at radius 1 is 1.04 bits per heavy atom. The zero-order valence-electron chi connectivity index (χ0n) is 13.2. The van der Waals surface area contributed by atoms with Gasteiger partial charge in [-0.05, 0) is 55.3 Å². The van der Waals surface area contributed by atoms with Gasteiger partial charge < -0.3 is 15.5 Å². The van der Waals surface area contributed by atoms with Crippen LogP contribution in [0.25, 0.3) is 0 Å². The molecule has 6 heteroatoms. The molecule has 4 nitrogen and oxygen atoms in total. The average molecular weight is 364 g/mol. The van der Waals surface area contributed by atoms with Gasteiger partial charge in [-0.2, -0.15) is 0 Å². The highest BCUT2D eigenvalue weighted by molar-refractivity contribution is 6.35. The summed E-state index contributed by atoms with van der Waals surface area (Å²) in [5.41, 5.74) is 2.62. The lowest BCUT2D eigenvalue weighted by Crippen LogP contribution is -2.22. The molecule has 0 saturated carbocycles. The maximum absolute atomic E-state index is 12.1. The number of nitrogens with zero attached hydrogens (tertiary/aromatic N) is 1. The number of benzene rings is 2. The van der Waals surface area contributed by atoms with Crippen LogP contribution in [-0.4, -0.2) is 25.5 Å². The minimum absolute atomic E-state index is 0.119. The number of amides is 1. The zero-order chi connectivity index (χ0) is 16.9. The monoisotopic (exact) mass is 363 g/mol. The molecule has 126 valence electrons. The maximum Gasteiger partial charge on any atom is 0.243 e. The van der Waals surface area contributed by atoms with Crippen LogP contribution in [0.4, 0.5) is 17.1 Å². The highest BCUT2D eigenvalue weighted by Crippen LogP contribution is 2.25. The van der Waals surface area contributed by atoms with E-state index in [9.17, 15) is 4.79 Å². The molecule has 3 rings (SSSR count). The SMILES string of the molecule is O=C(CNc1cc(Cl)ccc1Cl)Nc1ccc(N2CCCC2)cc1. The predicted molar refractivity (Wildman–Crippen MR) is 101 cm³/mol.